The molecule has 1 saturated heterocycles. The highest BCUT2D eigenvalue weighted by atomic mass is 16.7. The van der Waals surface area contributed by atoms with Crippen molar-refractivity contribution in [1.82, 2.24) is 0 Å². The van der Waals surface area contributed by atoms with Crippen LogP contribution in [0.1, 0.15) is 39.0 Å². The molecule has 2 nitrogen and oxygen atoms in total. The van der Waals surface area contributed by atoms with Gasteiger partial charge in [0.15, 0.2) is 6.29 Å². The lowest BCUT2D eigenvalue weighted by molar-refractivity contribution is -0.111. The lowest BCUT2D eigenvalue weighted by atomic mass is 10.0. The first-order chi connectivity index (χ1) is 6.86. The molecule has 1 aliphatic heterocycles. The average Bonchev–Trinajstić information content (AvgIpc) is 2.63. The van der Waals surface area contributed by atoms with Crippen molar-refractivity contribution in [3.05, 3.63) is 12.7 Å². The molecule has 0 aromatic rings. The summed E-state index contributed by atoms with van der Waals surface area (Å²) in [7, 11) is 0. The van der Waals surface area contributed by atoms with Gasteiger partial charge in [-0.1, -0.05) is 19.4 Å². The van der Waals surface area contributed by atoms with E-state index >= 15 is 0 Å². The summed E-state index contributed by atoms with van der Waals surface area (Å²) in [5.41, 5.74) is 0. The minimum absolute atomic E-state index is 0.0661. The smallest absolute Gasteiger partial charge is 0.157 e. The molecule has 1 aliphatic rings. The molecule has 0 aromatic heterocycles. The van der Waals surface area contributed by atoms with Crippen molar-refractivity contribution in [3.8, 4) is 0 Å². The maximum Gasteiger partial charge on any atom is 0.157 e. The topological polar surface area (TPSA) is 18.5 Å². The van der Waals surface area contributed by atoms with Crippen LogP contribution in [-0.2, 0) is 9.47 Å². The maximum atomic E-state index is 5.61. The summed E-state index contributed by atoms with van der Waals surface area (Å²) >= 11 is 0. The van der Waals surface area contributed by atoms with Gasteiger partial charge in [-0.2, -0.15) is 0 Å². The van der Waals surface area contributed by atoms with Gasteiger partial charge in [0.25, 0.3) is 0 Å². The fourth-order valence-corrected chi connectivity index (χ4v) is 1.68. The molecular weight excluding hydrogens is 176 g/mol. The summed E-state index contributed by atoms with van der Waals surface area (Å²) in [4.78, 5) is 0. The van der Waals surface area contributed by atoms with Crippen LogP contribution >= 0.6 is 0 Å². The van der Waals surface area contributed by atoms with Gasteiger partial charge in [0.1, 0.15) is 0 Å². The molecule has 0 bridgehead atoms. The first-order valence-electron chi connectivity index (χ1n) is 5.71. The van der Waals surface area contributed by atoms with Crippen molar-refractivity contribution in [3.63, 3.8) is 0 Å². The molecule has 14 heavy (non-hydrogen) atoms. The summed E-state index contributed by atoms with van der Waals surface area (Å²) in [5.74, 6) is 0.680. The van der Waals surface area contributed by atoms with E-state index < -0.39 is 0 Å². The van der Waals surface area contributed by atoms with Crippen LogP contribution in [0.2, 0.25) is 0 Å². The fraction of sp³-hybridized carbons (Fsp3) is 0.833. The summed E-state index contributed by atoms with van der Waals surface area (Å²) in [6, 6.07) is 0. The highest BCUT2D eigenvalue weighted by molar-refractivity contribution is 4.73. The highest BCUT2D eigenvalue weighted by Crippen LogP contribution is 2.24. The molecule has 1 unspecified atom stereocenters. The van der Waals surface area contributed by atoms with Crippen molar-refractivity contribution in [2.45, 2.75) is 45.3 Å². The molecule has 82 valence electrons. The Hall–Kier alpha value is -0.340. The molecule has 1 heterocycles. The van der Waals surface area contributed by atoms with Gasteiger partial charge in [0, 0.05) is 13.0 Å². The zero-order valence-corrected chi connectivity index (χ0v) is 9.21. The third kappa shape index (κ3) is 4.25. The van der Waals surface area contributed by atoms with Gasteiger partial charge in [0.05, 0.1) is 6.61 Å². The predicted octanol–water partition coefficient (Wildman–Crippen LogP) is 3.13. The number of rotatable bonds is 7. The maximum absolute atomic E-state index is 5.61. The highest BCUT2D eigenvalue weighted by Gasteiger charge is 2.24. The molecule has 0 amide bonds. The molecule has 0 aliphatic carbocycles. The monoisotopic (exact) mass is 198 g/mol. The van der Waals surface area contributed by atoms with E-state index in [1.807, 2.05) is 6.08 Å². The van der Waals surface area contributed by atoms with Crippen LogP contribution in [0.15, 0.2) is 12.7 Å². The normalized spacial score (nSPS) is 26.6. The molecule has 0 N–H and O–H groups in total. The largest absolute Gasteiger partial charge is 0.353 e. The molecule has 1 fully saturated rings. The number of hydrogen-bond donors (Lipinski definition) is 0. The van der Waals surface area contributed by atoms with Crippen molar-refractivity contribution >= 4 is 0 Å². The Morgan fingerprint density at radius 3 is 3.14 bits per heavy atom. The second-order valence-corrected chi connectivity index (χ2v) is 3.95. The van der Waals surface area contributed by atoms with E-state index in [-0.39, 0.29) is 6.29 Å². The molecule has 2 atom stereocenters. The van der Waals surface area contributed by atoms with Gasteiger partial charge >= 0.3 is 0 Å². The lowest BCUT2D eigenvalue weighted by Crippen LogP contribution is -2.11. The lowest BCUT2D eigenvalue weighted by Gasteiger charge is -2.10. The molecule has 2 heteroatoms. The number of ether oxygens (including phenoxy) is 2. The van der Waals surface area contributed by atoms with E-state index in [0.717, 1.165) is 32.5 Å². The summed E-state index contributed by atoms with van der Waals surface area (Å²) in [5, 5.41) is 0. The quantitative estimate of drug-likeness (QED) is 0.462. The van der Waals surface area contributed by atoms with Gasteiger partial charge in [-0.15, -0.1) is 6.58 Å². The third-order valence-electron chi connectivity index (χ3n) is 2.62. The van der Waals surface area contributed by atoms with E-state index in [4.69, 9.17) is 9.47 Å². The minimum atomic E-state index is 0.0661. The van der Waals surface area contributed by atoms with E-state index in [1.54, 1.807) is 0 Å². The van der Waals surface area contributed by atoms with E-state index in [2.05, 4.69) is 13.5 Å². The summed E-state index contributed by atoms with van der Waals surface area (Å²) < 4.78 is 11.2. The number of allylic oxidation sites excluding steroid dienone is 1. The third-order valence-corrected chi connectivity index (χ3v) is 2.62. The minimum Gasteiger partial charge on any atom is -0.353 e. The van der Waals surface area contributed by atoms with Crippen LogP contribution in [0, 0.1) is 5.92 Å². The van der Waals surface area contributed by atoms with Gasteiger partial charge < -0.3 is 9.47 Å². The first kappa shape index (κ1) is 11.7. The molecule has 0 radical (unpaired) electrons. The summed E-state index contributed by atoms with van der Waals surface area (Å²) in [6.45, 7) is 7.61. The van der Waals surface area contributed by atoms with Gasteiger partial charge in [-0.05, 0) is 25.2 Å². The Morgan fingerprint density at radius 2 is 2.43 bits per heavy atom. The zero-order valence-electron chi connectivity index (χ0n) is 9.21. The van der Waals surface area contributed by atoms with Gasteiger partial charge in [0.2, 0.25) is 0 Å². The van der Waals surface area contributed by atoms with Crippen LogP contribution in [0.25, 0.3) is 0 Å². The van der Waals surface area contributed by atoms with E-state index in [1.165, 1.54) is 12.8 Å². The Balaban J connectivity index is 2.04. The Morgan fingerprint density at radius 1 is 1.57 bits per heavy atom. The first-order valence-corrected chi connectivity index (χ1v) is 5.71. The zero-order chi connectivity index (χ0) is 10.2. The Bertz CT molecular complexity index is 156. The van der Waals surface area contributed by atoms with Crippen LogP contribution in [-0.4, -0.2) is 19.5 Å². The second kappa shape index (κ2) is 7.02. The van der Waals surface area contributed by atoms with Gasteiger partial charge in [-0.3, -0.25) is 0 Å². The molecular formula is C12H22O2. The molecule has 0 spiro atoms. The molecule has 0 aromatic carbocycles. The second-order valence-electron chi connectivity index (χ2n) is 3.95. The van der Waals surface area contributed by atoms with E-state index in [0.29, 0.717) is 5.92 Å². The number of hydrogen-bond acceptors (Lipinski definition) is 2. The standard InChI is InChI=1S/C12H22O2/c1-3-5-7-11-9-12(14-10-11)13-8-6-4-2/h3,11-12H,1,4-10H2,2H3/t11-,12?/m0/s1. The summed E-state index contributed by atoms with van der Waals surface area (Å²) in [6.07, 6.45) is 7.72. The van der Waals surface area contributed by atoms with Crippen molar-refractivity contribution in [1.29, 1.82) is 0 Å². The van der Waals surface area contributed by atoms with Crippen LogP contribution < -0.4 is 0 Å². The van der Waals surface area contributed by atoms with Crippen LogP contribution in [0.4, 0.5) is 0 Å². The fourth-order valence-electron chi connectivity index (χ4n) is 1.68. The Labute approximate surface area is 87.3 Å². The average molecular weight is 198 g/mol. The Kier molecular flexibility index (Phi) is 5.88. The van der Waals surface area contributed by atoms with Crippen LogP contribution in [0.3, 0.4) is 0 Å². The molecule has 1 rings (SSSR count). The SMILES string of the molecule is C=CCC[C@@H]1COC(OCCCC)C1. The van der Waals surface area contributed by atoms with E-state index in [9.17, 15) is 0 Å². The van der Waals surface area contributed by atoms with Crippen molar-refractivity contribution < 1.29 is 9.47 Å². The number of unbranched alkanes of at least 4 members (excludes halogenated alkanes) is 1. The van der Waals surface area contributed by atoms with Crippen molar-refractivity contribution in [2.75, 3.05) is 13.2 Å². The van der Waals surface area contributed by atoms with Crippen molar-refractivity contribution in [2.24, 2.45) is 5.92 Å². The predicted molar refractivity (Wildman–Crippen MR) is 58.1 cm³/mol. The van der Waals surface area contributed by atoms with Gasteiger partial charge in [-0.25, -0.2) is 0 Å². The molecule has 0 saturated carbocycles. The van der Waals surface area contributed by atoms with Crippen LogP contribution in [0.5, 0.6) is 0 Å².